The van der Waals surface area contributed by atoms with Crippen LogP contribution in [0.15, 0.2) is 75.9 Å². The third kappa shape index (κ3) is 6.30. The molecule has 5 aromatic rings. The molecule has 212 valence electrons. The highest BCUT2D eigenvalue weighted by Crippen LogP contribution is 2.28. The number of anilines is 3. The predicted octanol–water partition coefficient (Wildman–Crippen LogP) is 5.00. The van der Waals surface area contributed by atoms with Gasteiger partial charge in [0.15, 0.2) is 0 Å². The number of carbonyl (C=O) groups is 2. The van der Waals surface area contributed by atoms with Crippen molar-refractivity contribution in [1.29, 1.82) is 0 Å². The zero-order valence-electron chi connectivity index (χ0n) is 21.4. The SMILES string of the molecule is O=C(O)CC(Nc1c(NCc2ccc(-c3csnn3)cc2)c(=O)c1=O)c1ccc(NC(=O)c2c(Cl)cncc2Cl)cc1. The van der Waals surface area contributed by atoms with Gasteiger partial charge in [-0.05, 0) is 34.8 Å². The molecule has 0 spiro atoms. The smallest absolute Gasteiger partial charge is 0.305 e. The van der Waals surface area contributed by atoms with E-state index in [9.17, 15) is 24.3 Å². The minimum absolute atomic E-state index is 0.00997. The summed E-state index contributed by atoms with van der Waals surface area (Å²) >= 11 is 13.4. The lowest BCUT2D eigenvalue weighted by Gasteiger charge is -2.22. The fraction of sp³-hybridized carbons (Fsp3) is 0.107. The standard InChI is InChI=1S/C28H20Cl2N6O5S/c29-18-11-31-12-19(30)23(18)28(41)33-17-7-5-15(6-8-17)20(9-22(37)38)34-25-24(26(39)27(25)40)32-10-14-1-3-16(4-2-14)21-13-42-36-35-21/h1-8,11-13,20,32,34H,9-10H2,(H,33,41)(H,37,38). The zero-order chi connectivity index (χ0) is 29.8. The van der Waals surface area contributed by atoms with E-state index in [0.717, 1.165) is 16.8 Å². The molecular formula is C28H20Cl2N6O5S. The van der Waals surface area contributed by atoms with Gasteiger partial charge in [-0.3, -0.25) is 24.2 Å². The average molecular weight is 623 g/mol. The summed E-state index contributed by atoms with van der Waals surface area (Å²) in [6.07, 6.45) is 2.23. The molecule has 1 amide bonds. The molecule has 11 nitrogen and oxygen atoms in total. The molecule has 1 atom stereocenters. The molecule has 42 heavy (non-hydrogen) atoms. The van der Waals surface area contributed by atoms with Crippen LogP contribution in [0.25, 0.3) is 11.3 Å². The first-order valence-corrected chi connectivity index (χ1v) is 13.9. The number of aromatic nitrogens is 3. The second kappa shape index (κ2) is 12.5. The van der Waals surface area contributed by atoms with Crippen molar-refractivity contribution in [3.63, 3.8) is 0 Å². The highest BCUT2D eigenvalue weighted by molar-refractivity contribution is 7.03. The molecule has 0 saturated carbocycles. The number of aliphatic carboxylic acids is 1. The first-order valence-electron chi connectivity index (χ1n) is 12.3. The molecule has 1 unspecified atom stereocenters. The number of hydrogen-bond acceptors (Lipinski definition) is 10. The fourth-order valence-corrected chi connectivity index (χ4v) is 5.20. The number of benzene rings is 2. The van der Waals surface area contributed by atoms with Gasteiger partial charge in [-0.25, -0.2) is 0 Å². The van der Waals surface area contributed by atoms with Crippen LogP contribution in [0.3, 0.4) is 0 Å². The maximum Gasteiger partial charge on any atom is 0.305 e. The Balaban J connectivity index is 1.28. The van der Waals surface area contributed by atoms with E-state index >= 15 is 0 Å². The second-order valence-corrected chi connectivity index (χ2v) is 10.5. The summed E-state index contributed by atoms with van der Waals surface area (Å²) in [7, 11) is 0. The van der Waals surface area contributed by atoms with E-state index in [2.05, 4.69) is 30.5 Å². The van der Waals surface area contributed by atoms with Gasteiger partial charge >= 0.3 is 5.97 Å². The highest BCUT2D eigenvalue weighted by atomic mass is 35.5. The molecule has 0 aliphatic heterocycles. The van der Waals surface area contributed by atoms with Crippen molar-refractivity contribution in [2.45, 2.75) is 19.0 Å². The van der Waals surface area contributed by atoms with Gasteiger partial charge < -0.3 is 21.1 Å². The number of hydrogen-bond donors (Lipinski definition) is 4. The molecule has 0 aliphatic carbocycles. The van der Waals surface area contributed by atoms with Crippen LogP contribution in [-0.4, -0.2) is 31.6 Å². The van der Waals surface area contributed by atoms with Crippen LogP contribution < -0.4 is 26.8 Å². The minimum Gasteiger partial charge on any atom is -0.481 e. The monoisotopic (exact) mass is 622 g/mol. The van der Waals surface area contributed by atoms with E-state index in [1.165, 1.54) is 23.9 Å². The van der Waals surface area contributed by atoms with Crippen molar-refractivity contribution in [2.75, 3.05) is 16.0 Å². The Morgan fingerprint density at radius 3 is 2.21 bits per heavy atom. The van der Waals surface area contributed by atoms with Gasteiger partial charge in [0.05, 0.1) is 28.1 Å². The Bertz CT molecular complexity index is 1800. The first kappa shape index (κ1) is 28.9. The quantitative estimate of drug-likeness (QED) is 0.147. The van der Waals surface area contributed by atoms with Crippen molar-refractivity contribution >= 4 is 63.7 Å². The first-order chi connectivity index (χ1) is 20.2. The number of amides is 1. The van der Waals surface area contributed by atoms with Crippen LogP contribution in [0, 0.1) is 0 Å². The van der Waals surface area contributed by atoms with E-state index in [1.807, 2.05) is 29.6 Å². The van der Waals surface area contributed by atoms with Gasteiger partial charge in [-0.1, -0.05) is 64.1 Å². The number of nitrogens with one attached hydrogen (secondary N) is 3. The summed E-state index contributed by atoms with van der Waals surface area (Å²) in [5, 5.41) is 24.1. The van der Waals surface area contributed by atoms with E-state index in [1.54, 1.807) is 24.3 Å². The van der Waals surface area contributed by atoms with Gasteiger partial charge in [0.2, 0.25) is 0 Å². The molecule has 14 heteroatoms. The normalized spacial score (nSPS) is 11.7. The Morgan fingerprint density at radius 2 is 1.60 bits per heavy atom. The highest BCUT2D eigenvalue weighted by Gasteiger charge is 2.25. The van der Waals surface area contributed by atoms with Crippen LogP contribution in [0.2, 0.25) is 10.0 Å². The number of carbonyl (C=O) groups excluding carboxylic acids is 1. The van der Waals surface area contributed by atoms with E-state index in [4.69, 9.17) is 23.2 Å². The van der Waals surface area contributed by atoms with Crippen molar-refractivity contribution in [1.82, 2.24) is 14.6 Å². The van der Waals surface area contributed by atoms with Crippen molar-refractivity contribution < 1.29 is 14.7 Å². The third-order valence-corrected chi connectivity index (χ3v) is 7.42. The van der Waals surface area contributed by atoms with Crippen molar-refractivity contribution in [2.24, 2.45) is 0 Å². The van der Waals surface area contributed by atoms with E-state index in [-0.39, 0.29) is 39.9 Å². The lowest BCUT2D eigenvalue weighted by Crippen LogP contribution is -2.38. The fourth-order valence-electron chi connectivity index (χ4n) is 4.19. The maximum atomic E-state index is 12.7. The lowest BCUT2D eigenvalue weighted by molar-refractivity contribution is -0.137. The number of carboxylic acids is 1. The molecule has 4 N–H and O–H groups in total. The number of carboxylic acid groups (broad SMARTS) is 1. The topological polar surface area (TPSA) is 163 Å². The maximum absolute atomic E-state index is 12.7. The van der Waals surface area contributed by atoms with Crippen LogP contribution in [0.1, 0.15) is 33.9 Å². The average Bonchev–Trinajstić information content (AvgIpc) is 3.51. The molecule has 0 bridgehead atoms. The number of halogens is 2. The lowest BCUT2D eigenvalue weighted by atomic mass is 10.0. The Labute approximate surface area is 252 Å². The van der Waals surface area contributed by atoms with Crippen molar-refractivity contribution in [3.8, 4) is 11.3 Å². The zero-order valence-corrected chi connectivity index (χ0v) is 23.8. The van der Waals surface area contributed by atoms with E-state index in [0.29, 0.717) is 11.3 Å². The summed E-state index contributed by atoms with van der Waals surface area (Å²) in [6.45, 7) is 0.263. The molecular weight excluding hydrogens is 603 g/mol. The Kier molecular flexibility index (Phi) is 8.57. The van der Waals surface area contributed by atoms with Crippen LogP contribution >= 0.6 is 34.7 Å². The van der Waals surface area contributed by atoms with Gasteiger partial charge in [-0.2, -0.15) is 0 Å². The molecule has 5 rings (SSSR count). The molecule has 0 radical (unpaired) electrons. The molecule has 0 aliphatic rings. The minimum atomic E-state index is -1.12. The number of rotatable bonds is 11. The van der Waals surface area contributed by atoms with Crippen LogP contribution in [0.5, 0.6) is 0 Å². The van der Waals surface area contributed by atoms with Crippen LogP contribution in [-0.2, 0) is 11.3 Å². The summed E-state index contributed by atoms with van der Waals surface area (Å²) in [5.41, 5.74) is 2.15. The predicted molar refractivity (Wildman–Crippen MR) is 161 cm³/mol. The number of nitrogens with zero attached hydrogens (tertiary/aromatic N) is 3. The molecule has 2 aromatic heterocycles. The van der Waals surface area contributed by atoms with Gasteiger partial charge in [0, 0.05) is 35.6 Å². The molecule has 3 aromatic carbocycles. The second-order valence-electron chi connectivity index (χ2n) is 9.10. The Morgan fingerprint density at radius 1 is 0.929 bits per heavy atom. The van der Waals surface area contributed by atoms with Gasteiger partial charge in [0.1, 0.15) is 17.1 Å². The summed E-state index contributed by atoms with van der Waals surface area (Å²) in [5.74, 6) is -1.66. The summed E-state index contributed by atoms with van der Waals surface area (Å²) < 4.78 is 3.85. The van der Waals surface area contributed by atoms with Gasteiger partial charge in [-0.15, -0.1) is 5.10 Å². The van der Waals surface area contributed by atoms with E-state index < -0.39 is 28.8 Å². The Hall–Kier alpha value is -4.65. The summed E-state index contributed by atoms with van der Waals surface area (Å²) in [6, 6.07) is 13.0. The number of pyridine rings is 1. The van der Waals surface area contributed by atoms with Crippen LogP contribution in [0.4, 0.5) is 17.1 Å². The molecule has 2 heterocycles. The van der Waals surface area contributed by atoms with Gasteiger partial charge in [0.25, 0.3) is 16.8 Å². The molecule has 0 saturated heterocycles. The largest absolute Gasteiger partial charge is 0.481 e. The third-order valence-electron chi connectivity index (χ3n) is 6.34. The van der Waals surface area contributed by atoms with Crippen molar-refractivity contribution in [3.05, 3.63) is 113 Å². The molecule has 0 fully saturated rings. The summed E-state index contributed by atoms with van der Waals surface area (Å²) in [4.78, 5) is 52.9.